The SMILES string of the molecule is CSCC(C)(O)CNC(=O)NC(c1ccccc1)c1ccccc1. The summed E-state index contributed by atoms with van der Waals surface area (Å²) >= 11 is 1.55. The van der Waals surface area contributed by atoms with Gasteiger partial charge in [0.15, 0.2) is 0 Å². The molecule has 0 heterocycles. The molecule has 5 heteroatoms. The molecule has 2 amide bonds. The highest BCUT2D eigenvalue weighted by Gasteiger charge is 2.22. The zero-order chi connectivity index (χ0) is 17.4. The Morgan fingerprint density at radius 3 is 2.04 bits per heavy atom. The molecule has 1 atom stereocenters. The smallest absolute Gasteiger partial charge is 0.315 e. The highest BCUT2D eigenvalue weighted by molar-refractivity contribution is 7.98. The van der Waals surface area contributed by atoms with Gasteiger partial charge >= 0.3 is 6.03 Å². The van der Waals surface area contributed by atoms with Crippen molar-refractivity contribution in [2.24, 2.45) is 0 Å². The first kappa shape index (κ1) is 18.4. The molecule has 0 radical (unpaired) electrons. The van der Waals surface area contributed by atoms with Gasteiger partial charge in [0.25, 0.3) is 0 Å². The highest BCUT2D eigenvalue weighted by atomic mass is 32.2. The Bertz CT molecular complexity index is 593. The first-order chi connectivity index (χ1) is 11.5. The Labute approximate surface area is 147 Å². The van der Waals surface area contributed by atoms with Crippen LogP contribution in [0, 0.1) is 0 Å². The fraction of sp³-hybridized carbons (Fsp3) is 0.316. The van der Waals surface area contributed by atoms with Crippen molar-refractivity contribution >= 4 is 17.8 Å². The summed E-state index contributed by atoms with van der Waals surface area (Å²) in [7, 11) is 0. The van der Waals surface area contributed by atoms with E-state index in [0.29, 0.717) is 5.75 Å². The summed E-state index contributed by atoms with van der Waals surface area (Å²) in [5.41, 5.74) is 1.09. The van der Waals surface area contributed by atoms with Crippen LogP contribution in [0.5, 0.6) is 0 Å². The number of urea groups is 1. The molecule has 0 aliphatic rings. The maximum absolute atomic E-state index is 12.3. The fourth-order valence-electron chi connectivity index (χ4n) is 2.46. The molecule has 3 N–H and O–H groups in total. The second kappa shape index (κ2) is 8.76. The highest BCUT2D eigenvalue weighted by Crippen LogP contribution is 2.21. The van der Waals surface area contributed by atoms with Gasteiger partial charge in [0, 0.05) is 12.3 Å². The van der Waals surface area contributed by atoms with E-state index in [-0.39, 0.29) is 18.6 Å². The Kier molecular flexibility index (Phi) is 6.70. The lowest BCUT2D eigenvalue weighted by atomic mass is 9.99. The van der Waals surface area contributed by atoms with E-state index in [1.165, 1.54) is 0 Å². The van der Waals surface area contributed by atoms with Gasteiger partial charge in [-0.1, -0.05) is 60.7 Å². The monoisotopic (exact) mass is 344 g/mol. The number of benzene rings is 2. The Balaban J connectivity index is 2.08. The Morgan fingerprint density at radius 2 is 1.58 bits per heavy atom. The van der Waals surface area contributed by atoms with Crippen LogP contribution in [0.4, 0.5) is 4.79 Å². The van der Waals surface area contributed by atoms with E-state index in [1.54, 1.807) is 18.7 Å². The number of amides is 2. The van der Waals surface area contributed by atoms with Crippen molar-refractivity contribution in [1.29, 1.82) is 0 Å². The van der Waals surface area contributed by atoms with E-state index >= 15 is 0 Å². The molecular weight excluding hydrogens is 320 g/mol. The van der Waals surface area contributed by atoms with Crippen molar-refractivity contribution in [2.45, 2.75) is 18.6 Å². The molecule has 0 saturated carbocycles. The van der Waals surface area contributed by atoms with Crippen molar-refractivity contribution in [1.82, 2.24) is 10.6 Å². The van der Waals surface area contributed by atoms with E-state index in [0.717, 1.165) is 11.1 Å². The molecule has 0 aliphatic heterocycles. The molecule has 0 aromatic heterocycles. The van der Waals surface area contributed by atoms with Crippen LogP contribution >= 0.6 is 11.8 Å². The first-order valence-electron chi connectivity index (χ1n) is 7.87. The molecule has 2 rings (SSSR count). The number of hydrogen-bond donors (Lipinski definition) is 3. The number of rotatable bonds is 7. The van der Waals surface area contributed by atoms with Gasteiger partial charge in [-0.15, -0.1) is 0 Å². The van der Waals surface area contributed by atoms with Gasteiger partial charge in [-0.3, -0.25) is 0 Å². The van der Waals surface area contributed by atoms with E-state index < -0.39 is 5.60 Å². The van der Waals surface area contributed by atoms with Crippen LogP contribution in [-0.2, 0) is 0 Å². The summed E-state index contributed by atoms with van der Waals surface area (Å²) in [6, 6.07) is 19.1. The number of nitrogens with one attached hydrogen (secondary N) is 2. The Hall–Kier alpha value is -1.98. The van der Waals surface area contributed by atoms with Crippen molar-refractivity contribution in [3.63, 3.8) is 0 Å². The maximum atomic E-state index is 12.3. The van der Waals surface area contributed by atoms with Crippen LogP contribution in [-0.4, -0.2) is 35.3 Å². The number of thioether (sulfide) groups is 1. The molecule has 4 nitrogen and oxygen atoms in total. The minimum absolute atomic E-state index is 0.204. The zero-order valence-electron chi connectivity index (χ0n) is 14.0. The van der Waals surface area contributed by atoms with Crippen molar-refractivity contribution in [2.75, 3.05) is 18.6 Å². The lowest BCUT2D eigenvalue weighted by Crippen LogP contribution is -2.47. The molecule has 0 saturated heterocycles. The molecule has 0 fully saturated rings. The van der Waals surface area contributed by atoms with E-state index in [2.05, 4.69) is 10.6 Å². The van der Waals surface area contributed by atoms with Crippen LogP contribution in [0.2, 0.25) is 0 Å². The maximum Gasteiger partial charge on any atom is 0.315 e. The summed E-state index contributed by atoms with van der Waals surface area (Å²) in [6.07, 6.45) is 1.93. The average Bonchev–Trinajstić information content (AvgIpc) is 2.59. The predicted molar refractivity (Wildman–Crippen MR) is 100 cm³/mol. The molecule has 0 bridgehead atoms. The third-order valence-corrected chi connectivity index (χ3v) is 4.54. The van der Waals surface area contributed by atoms with Crippen molar-refractivity contribution in [3.8, 4) is 0 Å². The quantitative estimate of drug-likeness (QED) is 0.723. The predicted octanol–water partition coefficient (Wildman–Crippen LogP) is 3.19. The van der Waals surface area contributed by atoms with E-state index in [1.807, 2.05) is 66.9 Å². The third kappa shape index (κ3) is 5.58. The molecule has 2 aromatic rings. The molecule has 0 spiro atoms. The van der Waals surface area contributed by atoms with Crippen LogP contribution < -0.4 is 10.6 Å². The largest absolute Gasteiger partial charge is 0.387 e. The lowest BCUT2D eigenvalue weighted by molar-refractivity contribution is 0.0868. The number of carbonyl (C=O) groups is 1. The standard InChI is InChI=1S/C19H24N2O2S/c1-19(23,14-24-2)13-20-18(22)21-17(15-9-5-3-6-10-15)16-11-7-4-8-12-16/h3-12,17,23H,13-14H2,1-2H3,(H2,20,21,22). The lowest BCUT2D eigenvalue weighted by Gasteiger charge is -2.24. The molecule has 2 aromatic carbocycles. The van der Waals surface area contributed by atoms with Gasteiger partial charge in [0.2, 0.25) is 0 Å². The van der Waals surface area contributed by atoms with Crippen molar-refractivity contribution < 1.29 is 9.90 Å². The zero-order valence-corrected chi connectivity index (χ0v) is 14.8. The molecular formula is C19H24N2O2S. The molecule has 0 aliphatic carbocycles. The second-order valence-electron chi connectivity index (χ2n) is 6.01. The summed E-state index contributed by atoms with van der Waals surface area (Å²) in [6.45, 7) is 1.92. The van der Waals surface area contributed by atoms with E-state index in [4.69, 9.17) is 0 Å². The van der Waals surface area contributed by atoms with Gasteiger partial charge in [0.1, 0.15) is 0 Å². The van der Waals surface area contributed by atoms with Crippen LogP contribution in [0.15, 0.2) is 60.7 Å². The first-order valence-corrected chi connectivity index (χ1v) is 9.27. The minimum Gasteiger partial charge on any atom is -0.387 e. The molecule has 128 valence electrons. The van der Waals surface area contributed by atoms with E-state index in [9.17, 15) is 9.90 Å². The number of carbonyl (C=O) groups excluding carboxylic acids is 1. The van der Waals surface area contributed by atoms with Gasteiger partial charge < -0.3 is 15.7 Å². The van der Waals surface area contributed by atoms with Crippen LogP contribution in [0.1, 0.15) is 24.1 Å². The topological polar surface area (TPSA) is 61.4 Å². The van der Waals surface area contributed by atoms with Crippen LogP contribution in [0.25, 0.3) is 0 Å². The summed E-state index contributed by atoms with van der Waals surface area (Å²) < 4.78 is 0. The second-order valence-corrected chi connectivity index (χ2v) is 6.88. The summed E-state index contributed by atoms with van der Waals surface area (Å²) in [5.74, 6) is 0.564. The number of hydrogen-bond acceptors (Lipinski definition) is 3. The number of aliphatic hydroxyl groups is 1. The Morgan fingerprint density at radius 1 is 1.08 bits per heavy atom. The minimum atomic E-state index is -0.925. The molecule has 1 unspecified atom stereocenters. The van der Waals surface area contributed by atoms with Gasteiger partial charge in [-0.2, -0.15) is 11.8 Å². The van der Waals surface area contributed by atoms with Crippen molar-refractivity contribution in [3.05, 3.63) is 71.8 Å². The average molecular weight is 344 g/mol. The normalized spacial score (nSPS) is 13.3. The van der Waals surface area contributed by atoms with Crippen LogP contribution in [0.3, 0.4) is 0 Å². The summed E-state index contributed by atoms with van der Waals surface area (Å²) in [5, 5.41) is 15.9. The summed E-state index contributed by atoms with van der Waals surface area (Å²) in [4.78, 5) is 12.3. The molecule has 24 heavy (non-hydrogen) atoms. The van der Waals surface area contributed by atoms with Gasteiger partial charge in [-0.25, -0.2) is 4.79 Å². The fourth-order valence-corrected chi connectivity index (χ4v) is 3.19. The third-order valence-electron chi connectivity index (χ3n) is 3.63. The van der Waals surface area contributed by atoms with Gasteiger partial charge in [-0.05, 0) is 24.3 Å². The van der Waals surface area contributed by atoms with Gasteiger partial charge in [0.05, 0.1) is 11.6 Å².